The Balaban J connectivity index is 2.33. The van der Waals surface area contributed by atoms with Crippen LogP contribution in [0.2, 0.25) is 0 Å². The van der Waals surface area contributed by atoms with Gasteiger partial charge < -0.3 is 15.2 Å². The highest BCUT2D eigenvalue weighted by atomic mass is 32.2. The average molecular weight is 219 g/mol. The van der Waals surface area contributed by atoms with Crippen molar-refractivity contribution in [1.29, 1.82) is 0 Å². The van der Waals surface area contributed by atoms with Crippen LogP contribution >= 0.6 is 11.8 Å². The molecule has 0 aliphatic carbocycles. The van der Waals surface area contributed by atoms with E-state index in [0.717, 1.165) is 0 Å². The number of carbonyl (C=O) groups is 2. The van der Waals surface area contributed by atoms with E-state index in [9.17, 15) is 9.59 Å². The summed E-state index contributed by atoms with van der Waals surface area (Å²) in [7, 11) is 0. The van der Waals surface area contributed by atoms with Crippen molar-refractivity contribution in [3.05, 3.63) is 0 Å². The smallest absolute Gasteiger partial charge is 0.407 e. The summed E-state index contributed by atoms with van der Waals surface area (Å²) in [6.45, 7) is 3.72. The molecule has 5 nitrogen and oxygen atoms in total. The van der Waals surface area contributed by atoms with Gasteiger partial charge in [0.1, 0.15) is 10.9 Å². The van der Waals surface area contributed by atoms with E-state index < -0.39 is 16.8 Å². The maximum Gasteiger partial charge on any atom is 0.407 e. The molecule has 80 valence electrons. The number of nitrogens with one attached hydrogen (secondary N) is 1. The third-order valence-corrected chi connectivity index (χ3v) is 3.33. The maximum atomic E-state index is 10.7. The minimum atomic E-state index is -0.861. The van der Waals surface area contributed by atoms with Crippen molar-refractivity contribution in [2.24, 2.45) is 0 Å². The van der Waals surface area contributed by atoms with Gasteiger partial charge in [-0.3, -0.25) is 4.79 Å². The summed E-state index contributed by atoms with van der Waals surface area (Å²) in [5.41, 5.74) is 0. The van der Waals surface area contributed by atoms with Crippen molar-refractivity contribution in [1.82, 2.24) is 5.32 Å². The molecule has 0 bridgehead atoms. The van der Waals surface area contributed by atoms with Crippen LogP contribution in [0, 0.1) is 0 Å². The van der Waals surface area contributed by atoms with Crippen molar-refractivity contribution in [2.75, 3.05) is 12.3 Å². The topological polar surface area (TPSA) is 75.6 Å². The maximum absolute atomic E-state index is 10.7. The Labute approximate surface area is 86.2 Å². The monoisotopic (exact) mass is 219 g/mol. The second-order valence-electron chi connectivity index (χ2n) is 3.53. The fourth-order valence-corrected chi connectivity index (χ4v) is 1.80. The molecule has 1 amide bonds. The molecule has 1 atom stereocenters. The van der Waals surface area contributed by atoms with Gasteiger partial charge in [-0.15, -0.1) is 11.8 Å². The molecule has 1 fully saturated rings. The quantitative estimate of drug-likeness (QED) is 0.727. The highest BCUT2D eigenvalue weighted by Gasteiger charge is 2.31. The minimum Gasteiger partial charge on any atom is -0.480 e. The summed E-state index contributed by atoms with van der Waals surface area (Å²) in [5, 5.41) is 11.3. The lowest BCUT2D eigenvalue weighted by Gasteiger charge is -2.19. The number of hydrogen-bond acceptors (Lipinski definition) is 4. The van der Waals surface area contributed by atoms with E-state index in [2.05, 4.69) is 5.32 Å². The van der Waals surface area contributed by atoms with E-state index in [0.29, 0.717) is 12.3 Å². The van der Waals surface area contributed by atoms with Crippen molar-refractivity contribution in [2.45, 2.75) is 24.7 Å². The minimum absolute atomic E-state index is 0.217. The number of cyclic esters (lactones) is 1. The molecule has 1 rings (SSSR count). The molecule has 0 radical (unpaired) electrons. The number of carboxylic acid groups (broad SMARTS) is 1. The number of rotatable bonds is 4. The Kier molecular flexibility index (Phi) is 3.25. The van der Waals surface area contributed by atoms with Crippen LogP contribution in [0.4, 0.5) is 4.79 Å². The van der Waals surface area contributed by atoms with Gasteiger partial charge in [0.05, 0.1) is 6.54 Å². The van der Waals surface area contributed by atoms with Gasteiger partial charge >= 0.3 is 12.1 Å². The predicted octanol–water partition coefficient (Wildman–Crippen LogP) is 0.691. The Bertz CT molecular complexity index is 254. The molecular formula is C8H13NO4S. The van der Waals surface area contributed by atoms with E-state index >= 15 is 0 Å². The summed E-state index contributed by atoms with van der Waals surface area (Å²) < 4.78 is 4.03. The second kappa shape index (κ2) is 4.08. The molecule has 1 aliphatic heterocycles. The van der Waals surface area contributed by atoms with Gasteiger partial charge in [0, 0.05) is 5.75 Å². The van der Waals surface area contributed by atoms with Crippen LogP contribution in [-0.4, -0.2) is 40.3 Å². The number of thioether (sulfide) groups is 1. The van der Waals surface area contributed by atoms with Gasteiger partial charge in [0.25, 0.3) is 0 Å². The number of carboxylic acids is 1. The number of hydrogen-bond donors (Lipinski definition) is 2. The summed E-state index contributed by atoms with van der Waals surface area (Å²) in [6, 6.07) is 0. The lowest BCUT2D eigenvalue weighted by molar-refractivity contribution is -0.138. The van der Waals surface area contributed by atoms with Crippen LogP contribution in [0.15, 0.2) is 0 Å². The van der Waals surface area contributed by atoms with Gasteiger partial charge in [-0.05, 0) is 13.8 Å². The van der Waals surface area contributed by atoms with Crippen LogP contribution < -0.4 is 5.32 Å². The molecule has 0 aromatic heterocycles. The SMILES string of the molecule is CC(C)(SCC1CNC(=O)O1)C(=O)O. The zero-order valence-electron chi connectivity index (χ0n) is 8.07. The Morgan fingerprint density at radius 3 is 2.86 bits per heavy atom. The van der Waals surface area contributed by atoms with Crippen LogP contribution in [0.5, 0.6) is 0 Å². The van der Waals surface area contributed by atoms with Gasteiger partial charge in [-0.2, -0.15) is 0 Å². The first-order valence-electron chi connectivity index (χ1n) is 4.23. The zero-order valence-corrected chi connectivity index (χ0v) is 8.89. The molecule has 1 saturated heterocycles. The molecule has 0 aromatic carbocycles. The van der Waals surface area contributed by atoms with Gasteiger partial charge in [0.2, 0.25) is 0 Å². The van der Waals surface area contributed by atoms with E-state index in [1.807, 2.05) is 0 Å². The third-order valence-electron chi connectivity index (χ3n) is 1.89. The average Bonchev–Trinajstić information content (AvgIpc) is 2.48. The normalized spacial score (nSPS) is 21.6. The second-order valence-corrected chi connectivity index (χ2v) is 5.18. The first kappa shape index (κ1) is 11.2. The van der Waals surface area contributed by atoms with E-state index in [1.54, 1.807) is 13.8 Å². The molecule has 0 aromatic rings. The van der Waals surface area contributed by atoms with Crippen LogP contribution in [0.1, 0.15) is 13.8 Å². The summed E-state index contributed by atoms with van der Waals surface area (Å²) in [5.74, 6) is -0.363. The third kappa shape index (κ3) is 2.80. The van der Waals surface area contributed by atoms with Gasteiger partial charge in [-0.25, -0.2) is 4.79 Å². The summed E-state index contributed by atoms with van der Waals surface area (Å²) >= 11 is 1.27. The van der Waals surface area contributed by atoms with E-state index in [4.69, 9.17) is 9.84 Å². The van der Waals surface area contributed by atoms with Gasteiger partial charge in [0.15, 0.2) is 0 Å². The predicted molar refractivity (Wildman–Crippen MR) is 52.4 cm³/mol. The molecule has 1 unspecified atom stereocenters. The number of carbonyl (C=O) groups excluding carboxylic acids is 1. The Morgan fingerprint density at radius 1 is 1.79 bits per heavy atom. The van der Waals surface area contributed by atoms with Crippen molar-refractivity contribution in [3.8, 4) is 0 Å². The van der Waals surface area contributed by atoms with Crippen molar-refractivity contribution < 1.29 is 19.4 Å². The lowest BCUT2D eigenvalue weighted by Crippen LogP contribution is -2.30. The largest absolute Gasteiger partial charge is 0.480 e. The summed E-state index contributed by atoms with van der Waals surface area (Å²) in [4.78, 5) is 21.4. The van der Waals surface area contributed by atoms with Gasteiger partial charge in [-0.1, -0.05) is 0 Å². The molecule has 0 spiro atoms. The van der Waals surface area contributed by atoms with Crippen molar-refractivity contribution >= 4 is 23.8 Å². The first-order valence-corrected chi connectivity index (χ1v) is 5.22. The zero-order chi connectivity index (χ0) is 10.8. The molecule has 0 saturated carbocycles. The molecule has 6 heteroatoms. The standard InChI is InChI=1S/C8H13NO4S/c1-8(2,6(10)11)14-4-5-3-9-7(12)13-5/h5H,3-4H2,1-2H3,(H,9,12)(H,10,11). The number of ether oxygens (including phenoxy) is 1. The molecule has 1 aliphatic rings. The highest BCUT2D eigenvalue weighted by Crippen LogP contribution is 2.26. The number of aliphatic carboxylic acids is 1. The first-order chi connectivity index (χ1) is 6.42. The van der Waals surface area contributed by atoms with E-state index in [1.165, 1.54) is 11.8 Å². The highest BCUT2D eigenvalue weighted by molar-refractivity contribution is 8.01. The summed E-state index contributed by atoms with van der Waals surface area (Å²) in [6.07, 6.45) is -0.644. The van der Waals surface area contributed by atoms with Crippen molar-refractivity contribution in [3.63, 3.8) is 0 Å². The fourth-order valence-electron chi connectivity index (χ4n) is 0.888. The molecule has 2 N–H and O–H groups in total. The van der Waals surface area contributed by atoms with E-state index in [-0.39, 0.29) is 6.10 Å². The molecule has 14 heavy (non-hydrogen) atoms. The molecule has 1 heterocycles. The van der Waals surface area contributed by atoms with Crippen LogP contribution in [0.25, 0.3) is 0 Å². The molecular weight excluding hydrogens is 206 g/mol. The fraction of sp³-hybridized carbons (Fsp3) is 0.750. The van der Waals surface area contributed by atoms with Crippen LogP contribution in [0.3, 0.4) is 0 Å². The Hall–Kier alpha value is -0.910. The lowest BCUT2D eigenvalue weighted by atomic mass is 10.2. The number of alkyl carbamates (subject to hydrolysis) is 1. The number of amides is 1. The van der Waals surface area contributed by atoms with Crippen LogP contribution in [-0.2, 0) is 9.53 Å². The Morgan fingerprint density at radius 2 is 2.43 bits per heavy atom.